The van der Waals surface area contributed by atoms with E-state index < -0.39 is 0 Å². The van der Waals surface area contributed by atoms with Gasteiger partial charge < -0.3 is 4.74 Å². The number of carbonyl (C=O) groups is 2. The fourth-order valence-electron chi connectivity index (χ4n) is 1.34. The Morgan fingerprint density at radius 1 is 1.75 bits per heavy atom. The summed E-state index contributed by atoms with van der Waals surface area (Å²) in [5, 5.41) is 0. The molecule has 0 unspecified atom stereocenters. The summed E-state index contributed by atoms with van der Waals surface area (Å²) in [5.74, 6) is -0.0395. The number of ketones is 1. The van der Waals surface area contributed by atoms with E-state index in [2.05, 4.69) is 0 Å². The highest BCUT2D eigenvalue weighted by molar-refractivity contribution is 5.79. The maximum Gasteiger partial charge on any atom is 0.309 e. The third-order valence-electron chi connectivity index (χ3n) is 2.38. The first-order valence-corrected chi connectivity index (χ1v) is 4.28. The minimum absolute atomic E-state index is 0.0133. The molecule has 0 aliphatic carbocycles. The number of rotatable bonds is 3. The average molecular weight is 170 g/mol. The highest BCUT2D eigenvalue weighted by atomic mass is 16.5. The normalized spacial score (nSPS) is 25.2. The first-order chi connectivity index (χ1) is 5.61. The predicted octanol–water partition coefficient (Wildman–Crippen LogP) is 1.16. The van der Waals surface area contributed by atoms with E-state index in [4.69, 9.17) is 4.74 Å². The van der Waals surface area contributed by atoms with Crippen molar-refractivity contribution in [3.63, 3.8) is 0 Å². The van der Waals surface area contributed by atoms with Crippen molar-refractivity contribution in [3.8, 4) is 0 Å². The van der Waals surface area contributed by atoms with Crippen molar-refractivity contribution in [2.75, 3.05) is 6.61 Å². The van der Waals surface area contributed by atoms with Gasteiger partial charge in [0.25, 0.3) is 0 Å². The molecule has 0 radical (unpaired) electrons. The standard InChI is InChI=1S/C9H14O3/c1-6(7(2)10)5-8-3-4-12-9(8)11/h6,8H,3-5H2,1-2H3/t6-,8-/m0/s1. The van der Waals surface area contributed by atoms with Gasteiger partial charge in [-0.1, -0.05) is 6.92 Å². The predicted molar refractivity (Wildman–Crippen MR) is 43.5 cm³/mol. The molecule has 0 saturated carbocycles. The van der Waals surface area contributed by atoms with Crippen LogP contribution in [-0.2, 0) is 14.3 Å². The van der Waals surface area contributed by atoms with Crippen molar-refractivity contribution >= 4 is 11.8 Å². The Hall–Kier alpha value is -0.860. The number of esters is 1. The number of carbonyl (C=O) groups excluding carboxylic acids is 2. The lowest BCUT2D eigenvalue weighted by Gasteiger charge is -2.09. The van der Waals surface area contributed by atoms with Crippen molar-refractivity contribution < 1.29 is 14.3 Å². The second kappa shape index (κ2) is 3.70. The summed E-state index contributed by atoms with van der Waals surface area (Å²) >= 11 is 0. The molecule has 0 aromatic carbocycles. The zero-order valence-electron chi connectivity index (χ0n) is 7.50. The highest BCUT2D eigenvalue weighted by Crippen LogP contribution is 2.22. The fraction of sp³-hybridized carbons (Fsp3) is 0.778. The van der Waals surface area contributed by atoms with Crippen molar-refractivity contribution in [2.45, 2.75) is 26.7 Å². The summed E-state index contributed by atoms with van der Waals surface area (Å²) < 4.78 is 4.80. The Bertz CT molecular complexity index is 198. The van der Waals surface area contributed by atoms with Crippen LogP contribution in [0.2, 0.25) is 0 Å². The molecule has 1 aliphatic heterocycles. The van der Waals surface area contributed by atoms with Gasteiger partial charge in [0.1, 0.15) is 5.78 Å². The van der Waals surface area contributed by atoms with E-state index in [0.717, 1.165) is 6.42 Å². The highest BCUT2D eigenvalue weighted by Gasteiger charge is 2.28. The van der Waals surface area contributed by atoms with E-state index in [0.29, 0.717) is 13.0 Å². The number of ether oxygens (including phenoxy) is 1. The lowest BCUT2D eigenvalue weighted by atomic mass is 9.92. The van der Waals surface area contributed by atoms with Crippen molar-refractivity contribution in [1.29, 1.82) is 0 Å². The van der Waals surface area contributed by atoms with E-state index in [1.165, 1.54) is 0 Å². The van der Waals surface area contributed by atoms with Gasteiger partial charge in [0.05, 0.1) is 12.5 Å². The van der Waals surface area contributed by atoms with Crippen LogP contribution in [0, 0.1) is 11.8 Å². The third kappa shape index (κ3) is 2.06. The lowest BCUT2D eigenvalue weighted by Crippen LogP contribution is -2.16. The first-order valence-electron chi connectivity index (χ1n) is 4.28. The van der Waals surface area contributed by atoms with Gasteiger partial charge in [0.15, 0.2) is 0 Å². The Morgan fingerprint density at radius 3 is 2.83 bits per heavy atom. The van der Waals surface area contributed by atoms with Gasteiger partial charge in [-0.2, -0.15) is 0 Å². The summed E-state index contributed by atoms with van der Waals surface area (Å²) in [6.07, 6.45) is 1.42. The Labute approximate surface area is 72.1 Å². The molecule has 12 heavy (non-hydrogen) atoms. The second-order valence-corrected chi connectivity index (χ2v) is 3.40. The van der Waals surface area contributed by atoms with Gasteiger partial charge in [-0.25, -0.2) is 0 Å². The van der Waals surface area contributed by atoms with Crippen LogP contribution in [0.25, 0.3) is 0 Å². The lowest BCUT2D eigenvalue weighted by molar-refractivity contribution is -0.141. The fourth-order valence-corrected chi connectivity index (χ4v) is 1.34. The molecule has 1 saturated heterocycles. The molecular weight excluding hydrogens is 156 g/mol. The molecule has 0 amide bonds. The van der Waals surface area contributed by atoms with Gasteiger partial charge in [0.2, 0.25) is 0 Å². The van der Waals surface area contributed by atoms with Crippen LogP contribution >= 0.6 is 0 Å². The van der Waals surface area contributed by atoms with Crippen molar-refractivity contribution in [3.05, 3.63) is 0 Å². The number of hydrogen-bond acceptors (Lipinski definition) is 3. The average Bonchev–Trinajstić information content (AvgIpc) is 2.36. The Balaban J connectivity index is 2.40. The zero-order valence-corrected chi connectivity index (χ0v) is 7.50. The summed E-state index contributed by atoms with van der Waals surface area (Å²) in [6, 6.07) is 0. The van der Waals surface area contributed by atoms with Crippen LogP contribution in [0.1, 0.15) is 26.7 Å². The monoisotopic (exact) mass is 170 g/mol. The van der Waals surface area contributed by atoms with Crippen LogP contribution in [0.5, 0.6) is 0 Å². The molecule has 0 spiro atoms. The molecule has 0 bridgehead atoms. The topological polar surface area (TPSA) is 43.4 Å². The van der Waals surface area contributed by atoms with Gasteiger partial charge in [-0.3, -0.25) is 9.59 Å². The second-order valence-electron chi connectivity index (χ2n) is 3.40. The third-order valence-corrected chi connectivity index (χ3v) is 2.38. The summed E-state index contributed by atoms with van der Waals surface area (Å²) in [6.45, 7) is 3.94. The smallest absolute Gasteiger partial charge is 0.309 e. The number of hydrogen-bond donors (Lipinski definition) is 0. The van der Waals surface area contributed by atoms with Crippen LogP contribution in [-0.4, -0.2) is 18.4 Å². The molecule has 1 aliphatic rings. The molecule has 1 fully saturated rings. The van der Waals surface area contributed by atoms with Gasteiger partial charge >= 0.3 is 5.97 Å². The van der Waals surface area contributed by atoms with Gasteiger partial charge in [0, 0.05) is 5.92 Å². The van der Waals surface area contributed by atoms with Crippen LogP contribution in [0.15, 0.2) is 0 Å². The van der Waals surface area contributed by atoms with Crippen molar-refractivity contribution in [2.24, 2.45) is 11.8 Å². The van der Waals surface area contributed by atoms with Gasteiger partial charge in [-0.15, -0.1) is 0 Å². The number of Topliss-reactive ketones (excluding diaryl/α,β-unsaturated/α-hetero) is 1. The summed E-state index contributed by atoms with van der Waals surface area (Å²) in [4.78, 5) is 21.9. The summed E-state index contributed by atoms with van der Waals surface area (Å²) in [7, 11) is 0. The van der Waals surface area contributed by atoms with E-state index >= 15 is 0 Å². The molecule has 68 valence electrons. The number of cyclic esters (lactones) is 1. The molecule has 1 heterocycles. The molecular formula is C9H14O3. The molecule has 3 heteroatoms. The molecule has 0 aromatic heterocycles. The Morgan fingerprint density at radius 2 is 2.42 bits per heavy atom. The van der Waals surface area contributed by atoms with Crippen LogP contribution in [0.3, 0.4) is 0 Å². The van der Waals surface area contributed by atoms with Gasteiger partial charge in [-0.05, 0) is 19.8 Å². The Kier molecular flexibility index (Phi) is 2.84. The molecule has 2 atom stereocenters. The quantitative estimate of drug-likeness (QED) is 0.597. The molecule has 0 N–H and O–H groups in total. The van der Waals surface area contributed by atoms with E-state index in [9.17, 15) is 9.59 Å². The zero-order chi connectivity index (χ0) is 9.14. The summed E-state index contributed by atoms with van der Waals surface area (Å²) in [5.41, 5.74) is 0. The molecule has 1 rings (SSSR count). The molecule has 3 nitrogen and oxygen atoms in total. The largest absolute Gasteiger partial charge is 0.465 e. The van der Waals surface area contributed by atoms with E-state index in [1.54, 1.807) is 6.92 Å². The van der Waals surface area contributed by atoms with E-state index in [1.807, 2.05) is 6.92 Å². The van der Waals surface area contributed by atoms with Crippen LogP contribution in [0.4, 0.5) is 0 Å². The van der Waals surface area contributed by atoms with Crippen molar-refractivity contribution in [1.82, 2.24) is 0 Å². The minimum Gasteiger partial charge on any atom is -0.465 e. The molecule has 0 aromatic rings. The van der Waals surface area contributed by atoms with Crippen LogP contribution < -0.4 is 0 Å². The maximum absolute atomic E-state index is 11.0. The SMILES string of the molecule is CC(=O)[C@@H](C)C[C@@H]1CCOC1=O. The van der Waals surface area contributed by atoms with E-state index in [-0.39, 0.29) is 23.6 Å². The minimum atomic E-state index is -0.136. The maximum atomic E-state index is 11.0. The first kappa shape index (κ1) is 9.23.